The summed E-state index contributed by atoms with van der Waals surface area (Å²) >= 11 is 0. The van der Waals surface area contributed by atoms with Crippen molar-refractivity contribution in [2.75, 3.05) is 19.6 Å². The first-order valence-electron chi connectivity index (χ1n) is 7.80. The molecule has 0 aliphatic carbocycles. The Kier molecular flexibility index (Phi) is 8.78. The number of nitrogens with two attached hydrogens (primary N) is 1. The number of benzene rings is 1. The lowest BCUT2D eigenvalue weighted by molar-refractivity contribution is 0.257. The van der Waals surface area contributed by atoms with Gasteiger partial charge in [0.2, 0.25) is 0 Å². The molecule has 0 amide bonds. The zero-order valence-electron chi connectivity index (χ0n) is 13.0. The molecule has 0 saturated carbocycles. The summed E-state index contributed by atoms with van der Waals surface area (Å²) in [5, 5.41) is 0. The van der Waals surface area contributed by atoms with E-state index in [1.165, 1.54) is 44.3 Å². The van der Waals surface area contributed by atoms with Crippen molar-refractivity contribution in [1.29, 1.82) is 0 Å². The predicted molar refractivity (Wildman–Crippen MR) is 87.5 cm³/mol. The van der Waals surface area contributed by atoms with E-state index in [9.17, 15) is 0 Å². The second-order valence-corrected chi connectivity index (χ2v) is 5.19. The Labute approximate surface area is 124 Å². The van der Waals surface area contributed by atoms with E-state index in [0.29, 0.717) is 6.54 Å². The van der Waals surface area contributed by atoms with E-state index >= 15 is 0 Å². The van der Waals surface area contributed by atoms with Gasteiger partial charge in [-0.25, -0.2) is 0 Å². The first-order valence-corrected chi connectivity index (χ1v) is 7.80. The standard InChI is InChI=1S/C18H28N2/c1-3-5-14-20(15-6-4-2)16-18-11-9-17(10-12-18)8-7-13-19/h9-12H,3-6,13-16,19H2,1-2H3. The number of hydrogen-bond acceptors (Lipinski definition) is 2. The largest absolute Gasteiger partial charge is 0.320 e. The number of unbranched alkanes of at least 4 members (excludes halogenated alkanes) is 2. The summed E-state index contributed by atoms with van der Waals surface area (Å²) in [5.74, 6) is 5.95. The Morgan fingerprint density at radius 3 is 2.10 bits per heavy atom. The van der Waals surface area contributed by atoms with E-state index < -0.39 is 0 Å². The van der Waals surface area contributed by atoms with Crippen LogP contribution in [-0.4, -0.2) is 24.5 Å². The van der Waals surface area contributed by atoms with Crippen LogP contribution in [0.3, 0.4) is 0 Å². The molecular formula is C18H28N2. The van der Waals surface area contributed by atoms with Crippen molar-refractivity contribution in [3.8, 4) is 11.8 Å². The van der Waals surface area contributed by atoms with E-state index in [2.05, 4.69) is 54.9 Å². The second kappa shape index (κ2) is 10.5. The van der Waals surface area contributed by atoms with Crippen LogP contribution in [-0.2, 0) is 6.54 Å². The molecule has 110 valence electrons. The van der Waals surface area contributed by atoms with Gasteiger partial charge in [0, 0.05) is 12.1 Å². The molecule has 0 aromatic heterocycles. The normalized spacial score (nSPS) is 10.4. The number of hydrogen-bond donors (Lipinski definition) is 1. The van der Waals surface area contributed by atoms with Crippen LogP contribution in [0.4, 0.5) is 0 Å². The highest BCUT2D eigenvalue weighted by Gasteiger charge is 2.05. The second-order valence-electron chi connectivity index (χ2n) is 5.19. The van der Waals surface area contributed by atoms with Crippen molar-refractivity contribution in [3.05, 3.63) is 35.4 Å². The molecule has 0 saturated heterocycles. The maximum absolute atomic E-state index is 5.38. The minimum Gasteiger partial charge on any atom is -0.320 e. The fourth-order valence-electron chi connectivity index (χ4n) is 2.14. The fourth-order valence-corrected chi connectivity index (χ4v) is 2.14. The molecule has 0 aliphatic heterocycles. The van der Waals surface area contributed by atoms with Crippen LogP contribution in [0.2, 0.25) is 0 Å². The Morgan fingerprint density at radius 1 is 1.00 bits per heavy atom. The van der Waals surface area contributed by atoms with Crippen molar-refractivity contribution < 1.29 is 0 Å². The van der Waals surface area contributed by atoms with Gasteiger partial charge in [0.1, 0.15) is 0 Å². The quantitative estimate of drug-likeness (QED) is 0.735. The molecule has 0 fully saturated rings. The number of rotatable bonds is 8. The maximum Gasteiger partial charge on any atom is 0.0555 e. The minimum atomic E-state index is 0.420. The Morgan fingerprint density at radius 2 is 1.60 bits per heavy atom. The molecule has 20 heavy (non-hydrogen) atoms. The average molecular weight is 272 g/mol. The number of nitrogens with zero attached hydrogens (tertiary/aromatic N) is 1. The van der Waals surface area contributed by atoms with Gasteiger partial charge in [-0.2, -0.15) is 0 Å². The molecule has 1 rings (SSSR count). The van der Waals surface area contributed by atoms with Gasteiger partial charge in [0.05, 0.1) is 6.54 Å². The molecule has 2 heteroatoms. The smallest absolute Gasteiger partial charge is 0.0555 e. The summed E-state index contributed by atoms with van der Waals surface area (Å²) in [6, 6.07) is 8.56. The van der Waals surface area contributed by atoms with Crippen molar-refractivity contribution in [2.45, 2.75) is 46.1 Å². The van der Waals surface area contributed by atoms with Gasteiger partial charge in [-0.05, 0) is 43.6 Å². The maximum atomic E-state index is 5.38. The van der Waals surface area contributed by atoms with Crippen LogP contribution < -0.4 is 5.73 Å². The van der Waals surface area contributed by atoms with Crippen LogP contribution in [0.25, 0.3) is 0 Å². The van der Waals surface area contributed by atoms with E-state index in [-0.39, 0.29) is 0 Å². The third kappa shape index (κ3) is 6.75. The lowest BCUT2D eigenvalue weighted by Gasteiger charge is -2.22. The van der Waals surface area contributed by atoms with Crippen LogP contribution >= 0.6 is 0 Å². The van der Waals surface area contributed by atoms with Crippen LogP contribution in [0.15, 0.2) is 24.3 Å². The lowest BCUT2D eigenvalue weighted by Crippen LogP contribution is -2.25. The van der Waals surface area contributed by atoms with Crippen LogP contribution in [0.1, 0.15) is 50.7 Å². The Balaban J connectivity index is 2.57. The van der Waals surface area contributed by atoms with Gasteiger partial charge in [-0.1, -0.05) is 50.7 Å². The summed E-state index contributed by atoms with van der Waals surface area (Å²) in [6.07, 6.45) is 5.08. The highest BCUT2D eigenvalue weighted by atomic mass is 15.1. The van der Waals surface area contributed by atoms with E-state index in [0.717, 1.165) is 12.1 Å². The molecule has 0 spiro atoms. The van der Waals surface area contributed by atoms with Gasteiger partial charge in [0.25, 0.3) is 0 Å². The van der Waals surface area contributed by atoms with Gasteiger partial charge < -0.3 is 5.73 Å². The van der Waals surface area contributed by atoms with E-state index in [4.69, 9.17) is 5.73 Å². The van der Waals surface area contributed by atoms with E-state index in [1.54, 1.807) is 0 Å². The van der Waals surface area contributed by atoms with Gasteiger partial charge in [0.15, 0.2) is 0 Å². The molecular weight excluding hydrogens is 244 g/mol. The molecule has 0 heterocycles. The summed E-state index contributed by atoms with van der Waals surface area (Å²) in [4.78, 5) is 2.56. The summed E-state index contributed by atoms with van der Waals surface area (Å²) in [7, 11) is 0. The molecule has 0 unspecified atom stereocenters. The zero-order valence-corrected chi connectivity index (χ0v) is 13.0. The molecule has 0 aliphatic rings. The summed E-state index contributed by atoms with van der Waals surface area (Å²) < 4.78 is 0. The fraction of sp³-hybridized carbons (Fsp3) is 0.556. The first kappa shape index (κ1) is 16.8. The van der Waals surface area contributed by atoms with Crippen LogP contribution in [0.5, 0.6) is 0 Å². The van der Waals surface area contributed by atoms with Crippen molar-refractivity contribution in [3.63, 3.8) is 0 Å². The monoisotopic (exact) mass is 272 g/mol. The predicted octanol–water partition coefficient (Wildman–Crippen LogP) is 3.40. The third-order valence-corrected chi connectivity index (χ3v) is 3.35. The summed E-state index contributed by atoms with van der Waals surface area (Å²) in [5.41, 5.74) is 7.80. The Bertz CT molecular complexity index is 403. The topological polar surface area (TPSA) is 29.3 Å². The zero-order chi connectivity index (χ0) is 14.6. The molecule has 0 atom stereocenters. The highest BCUT2D eigenvalue weighted by Crippen LogP contribution is 2.09. The van der Waals surface area contributed by atoms with Crippen molar-refractivity contribution in [1.82, 2.24) is 4.90 Å². The SMILES string of the molecule is CCCCN(CCCC)Cc1ccc(C#CCN)cc1. The molecule has 1 aromatic carbocycles. The molecule has 1 aromatic rings. The molecule has 2 nitrogen and oxygen atoms in total. The van der Waals surface area contributed by atoms with Gasteiger partial charge >= 0.3 is 0 Å². The minimum absolute atomic E-state index is 0.420. The molecule has 2 N–H and O–H groups in total. The first-order chi connectivity index (χ1) is 9.80. The highest BCUT2D eigenvalue weighted by molar-refractivity contribution is 5.36. The average Bonchev–Trinajstić information content (AvgIpc) is 2.49. The van der Waals surface area contributed by atoms with Gasteiger partial charge in [-0.15, -0.1) is 0 Å². The van der Waals surface area contributed by atoms with E-state index in [1.807, 2.05) is 0 Å². The van der Waals surface area contributed by atoms with Crippen molar-refractivity contribution in [2.24, 2.45) is 5.73 Å². The van der Waals surface area contributed by atoms with Crippen LogP contribution in [0, 0.1) is 11.8 Å². The Hall–Kier alpha value is -1.30. The molecule has 0 radical (unpaired) electrons. The lowest BCUT2D eigenvalue weighted by atomic mass is 10.1. The third-order valence-electron chi connectivity index (χ3n) is 3.35. The summed E-state index contributed by atoms with van der Waals surface area (Å²) in [6.45, 7) is 8.37. The van der Waals surface area contributed by atoms with Crippen molar-refractivity contribution >= 4 is 0 Å². The molecule has 0 bridgehead atoms. The van der Waals surface area contributed by atoms with Gasteiger partial charge in [-0.3, -0.25) is 4.90 Å².